The smallest absolute Gasteiger partial charge is 0.267 e. The molecule has 1 aromatic carbocycles. The molecule has 0 aliphatic rings. The summed E-state index contributed by atoms with van der Waals surface area (Å²) >= 11 is 0. The molecule has 1 amide bonds. The third-order valence-corrected chi connectivity index (χ3v) is 3.15. The lowest BCUT2D eigenvalue weighted by Gasteiger charge is -2.07. The number of carbonyl (C=O) groups excluding carboxylic acids is 1. The average Bonchev–Trinajstić information content (AvgIpc) is 2.36. The number of nitrogens with zero attached hydrogens (tertiary/aromatic N) is 1. The van der Waals surface area contributed by atoms with Crippen LogP contribution in [-0.4, -0.2) is 10.9 Å². The quantitative estimate of drug-likeness (QED) is 0.896. The van der Waals surface area contributed by atoms with Crippen LogP contribution in [0.2, 0.25) is 0 Å². The first-order chi connectivity index (χ1) is 8.61. The number of hydrogen-bond donors (Lipinski definition) is 1. The van der Waals surface area contributed by atoms with Crippen LogP contribution in [0.5, 0.6) is 0 Å². The van der Waals surface area contributed by atoms with Crippen molar-refractivity contribution in [3.8, 4) is 0 Å². The summed E-state index contributed by atoms with van der Waals surface area (Å²) in [5, 5.41) is 1.11. The number of aryl methyl sites for hydroxylation is 2. The van der Waals surface area contributed by atoms with E-state index in [1.165, 1.54) is 18.4 Å². The van der Waals surface area contributed by atoms with Gasteiger partial charge in [-0.3, -0.25) is 4.79 Å². The molecule has 3 nitrogen and oxygen atoms in total. The fraction of sp³-hybridized carbons (Fsp3) is 0.333. The van der Waals surface area contributed by atoms with E-state index < -0.39 is 5.91 Å². The highest BCUT2D eigenvalue weighted by molar-refractivity contribution is 5.94. The Labute approximate surface area is 107 Å². The van der Waals surface area contributed by atoms with Crippen molar-refractivity contribution in [1.82, 2.24) is 4.98 Å². The molecule has 0 bridgehead atoms. The number of carbonyl (C=O) groups is 1. The second kappa shape index (κ2) is 5.17. The number of amides is 1. The molecule has 18 heavy (non-hydrogen) atoms. The molecular weight excluding hydrogens is 224 g/mol. The molecule has 94 valence electrons. The van der Waals surface area contributed by atoms with Gasteiger partial charge in [-0.25, -0.2) is 4.98 Å². The Morgan fingerprint density at radius 2 is 2.11 bits per heavy atom. The maximum absolute atomic E-state index is 11.2. The van der Waals surface area contributed by atoms with Crippen LogP contribution in [0.4, 0.5) is 0 Å². The van der Waals surface area contributed by atoms with Crippen molar-refractivity contribution in [1.29, 1.82) is 0 Å². The Kier molecular flexibility index (Phi) is 3.60. The monoisotopic (exact) mass is 242 g/mol. The van der Waals surface area contributed by atoms with Crippen molar-refractivity contribution in [2.24, 2.45) is 5.73 Å². The maximum Gasteiger partial charge on any atom is 0.267 e. The van der Waals surface area contributed by atoms with Crippen molar-refractivity contribution in [2.75, 3.05) is 0 Å². The Morgan fingerprint density at radius 3 is 2.78 bits per heavy atom. The fourth-order valence-corrected chi connectivity index (χ4v) is 2.10. The van der Waals surface area contributed by atoms with Gasteiger partial charge in [-0.15, -0.1) is 0 Å². The lowest BCUT2D eigenvalue weighted by atomic mass is 10.0. The van der Waals surface area contributed by atoms with Crippen molar-refractivity contribution < 1.29 is 4.79 Å². The number of rotatable bonds is 4. The first-order valence-electron chi connectivity index (χ1n) is 6.32. The Morgan fingerprint density at radius 1 is 1.33 bits per heavy atom. The van der Waals surface area contributed by atoms with Crippen LogP contribution in [0.1, 0.15) is 41.4 Å². The summed E-state index contributed by atoms with van der Waals surface area (Å²) in [4.78, 5) is 15.4. The third kappa shape index (κ3) is 2.50. The number of primary amides is 1. The molecule has 2 aromatic rings. The molecule has 1 heterocycles. The van der Waals surface area contributed by atoms with Gasteiger partial charge in [-0.2, -0.15) is 0 Å². The van der Waals surface area contributed by atoms with Crippen LogP contribution in [0, 0.1) is 6.92 Å². The summed E-state index contributed by atoms with van der Waals surface area (Å²) in [6.07, 6.45) is 3.47. The van der Waals surface area contributed by atoms with E-state index in [1.807, 2.05) is 13.0 Å². The number of unbranched alkanes of at least 4 members (excludes halogenated alkanes) is 1. The van der Waals surface area contributed by atoms with Crippen LogP contribution in [0.25, 0.3) is 10.9 Å². The molecule has 0 saturated heterocycles. The SMILES string of the molecule is CCCCc1ccc2nc(C(N)=O)cc(C)c2c1. The molecule has 0 spiro atoms. The minimum Gasteiger partial charge on any atom is -0.364 e. The van der Waals surface area contributed by atoms with E-state index in [0.29, 0.717) is 5.69 Å². The van der Waals surface area contributed by atoms with Crippen molar-refractivity contribution in [3.63, 3.8) is 0 Å². The number of aromatic nitrogens is 1. The summed E-state index contributed by atoms with van der Waals surface area (Å²) in [5.74, 6) is -0.477. The van der Waals surface area contributed by atoms with E-state index in [0.717, 1.165) is 22.9 Å². The van der Waals surface area contributed by atoms with Crippen molar-refractivity contribution >= 4 is 16.8 Å². The summed E-state index contributed by atoms with van der Waals surface area (Å²) < 4.78 is 0. The van der Waals surface area contributed by atoms with Crippen LogP contribution in [-0.2, 0) is 6.42 Å². The highest BCUT2D eigenvalue weighted by Crippen LogP contribution is 2.20. The number of nitrogens with two attached hydrogens (primary N) is 1. The highest BCUT2D eigenvalue weighted by Gasteiger charge is 2.07. The third-order valence-electron chi connectivity index (χ3n) is 3.15. The topological polar surface area (TPSA) is 56.0 Å². The minimum atomic E-state index is -0.477. The molecule has 1 aromatic heterocycles. The van der Waals surface area contributed by atoms with Gasteiger partial charge in [0.1, 0.15) is 5.69 Å². The molecule has 0 unspecified atom stereocenters. The van der Waals surface area contributed by atoms with Gasteiger partial charge in [0, 0.05) is 5.39 Å². The molecule has 0 radical (unpaired) electrons. The van der Waals surface area contributed by atoms with Gasteiger partial charge in [0.05, 0.1) is 5.52 Å². The van der Waals surface area contributed by atoms with Crippen LogP contribution < -0.4 is 5.73 Å². The number of fused-ring (bicyclic) bond motifs is 1. The Balaban J connectivity index is 2.47. The molecule has 2 N–H and O–H groups in total. The molecule has 0 saturated carbocycles. The molecule has 2 rings (SSSR count). The van der Waals surface area contributed by atoms with E-state index in [9.17, 15) is 4.79 Å². The van der Waals surface area contributed by atoms with Crippen molar-refractivity contribution in [3.05, 3.63) is 41.1 Å². The van der Waals surface area contributed by atoms with Gasteiger partial charge in [-0.1, -0.05) is 19.4 Å². The van der Waals surface area contributed by atoms with E-state index >= 15 is 0 Å². The molecule has 0 atom stereocenters. The Bertz CT molecular complexity index is 590. The first-order valence-corrected chi connectivity index (χ1v) is 6.32. The zero-order valence-corrected chi connectivity index (χ0v) is 10.9. The largest absolute Gasteiger partial charge is 0.364 e. The van der Waals surface area contributed by atoms with Gasteiger partial charge in [-0.05, 0) is 49.1 Å². The van der Waals surface area contributed by atoms with Gasteiger partial charge >= 0.3 is 0 Å². The molecule has 0 fully saturated rings. The predicted molar refractivity (Wildman–Crippen MR) is 73.6 cm³/mol. The predicted octanol–water partition coefficient (Wildman–Crippen LogP) is 2.98. The molecule has 3 heteroatoms. The standard InChI is InChI=1S/C15H18N2O/c1-3-4-5-11-6-7-13-12(9-11)10(2)8-14(17-13)15(16)18/h6-9H,3-5H2,1-2H3,(H2,16,18). The number of benzene rings is 1. The second-order valence-corrected chi connectivity index (χ2v) is 4.64. The summed E-state index contributed by atoms with van der Waals surface area (Å²) in [6.45, 7) is 4.17. The van der Waals surface area contributed by atoms with E-state index in [-0.39, 0.29) is 0 Å². The summed E-state index contributed by atoms with van der Waals surface area (Å²) in [5.41, 5.74) is 8.81. The van der Waals surface area contributed by atoms with E-state index in [1.54, 1.807) is 6.07 Å². The second-order valence-electron chi connectivity index (χ2n) is 4.64. The lowest BCUT2D eigenvalue weighted by Crippen LogP contribution is -2.13. The van der Waals surface area contributed by atoms with Gasteiger partial charge in [0.2, 0.25) is 0 Å². The van der Waals surface area contributed by atoms with Gasteiger partial charge in [0.15, 0.2) is 0 Å². The molecule has 0 aliphatic heterocycles. The number of hydrogen-bond acceptors (Lipinski definition) is 2. The molecular formula is C15H18N2O. The summed E-state index contributed by atoms with van der Waals surface area (Å²) in [7, 11) is 0. The normalized spacial score (nSPS) is 10.8. The summed E-state index contributed by atoms with van der Waals surface area (Å²) in [6, 6.07) is 7.97. The van der Waals surface area contributed by atoms with E-state index in [4.69, 9.17) is 5.73 Å². The fourth-order valence-electron chi connectivity index (χ4n) is 2.10. The first kappa shape index (κ1) is 12.6. The highest BCUT2D eigenvalue weighted by atomic mass is 16.1. The van der Waals surface area contributed by atoms with Crippen molar-refractivity contribution in [2.45, 2.75) is 33.1 Å². The van der Waals surface area contributed by atoms with Crippen LogP contribution >= 0.6 is 0 Å². The lowest BCUT2D eigenvalue weighted by molar-refractivity contribution is 0.0996. The zero-order chi connectivity index (χ0) is 13.1. The Hall–Kier alpha value is -1.90. The minimum absolute atomic E-state index is 0.335. The average molecular weight is 242 g/mol. The molecule has 0 aliphatic carbocycles. The van der Waals surface area contributed by atoms with Crippen LogP contribution in [0.15, 0.2) is 24.3 Å². The van der Waals surface area contributed by atoms with Gasteiger partial charge in [0.25, 0.3) is 5.91 Å². The number of pyridine rings is 1. The van der Waals surface area contributed by atoms with Gasteiger partial charge < -0.3 is 5.73 Å². The zero-order valence-electron chi connectivity index (χ0n) is 10.9. The maximum atomic E-state index is 11.2. The van der Waals surface area contributed by atoms with E-state index in [2.05, 4.69) is 24.0 Å². The van der Waals surface area contributed by atoms with Crippen LogP contribution in [0.3, 0.4) is 0 Å².